The standard InChI is InChI=1S/C22H32O5/c1-2-3-8-11-17(23)14-15-19-18(20(24)16-21(19)25)12-9-6-4-5-7-10-13-22(26)27/h3,5-9,14-15,17-20,23-24H,2,4,10-13,16H2,1H3,(H,26,27)/b7-5-,8-3-,9-6-,15-14+/t17-,18-,19-,20-/m1/s1. The highest BCUT2D eigenvalue weighted by atomic mass is 16.4. The molecule has 27 heavy (non-hydrogen) atoms. The van der Waals surface area contributed by atoms with E-state index in [1.165, 1.54) is 0 Å². The lowest BCUT2D eigenvalue weighted by Gasteiger charge is -2.16. The fourth-order valence-corrected chi connectivity index (χ4v) is 3.10. The number of carboxylic acids is 1. The maximum absolute atomic E-state index is 12.1. The molecule has 150 valence electrons. The monoisotopic (exact) mass is 376 g/mol. The number of allylic oxidation sites excluding steroid dienone is 6. The minimum atomic E-state index is -0.805. The fraction of sp³-hybridized carbons (Fsp3) is 0.545. The Labute approximate surface area is 161 Å². The molecule has 0 bridgehead atoms. The van der Waals surface area contributed by atoms with Gasteiger partial charge in [-0.15, -0.1) is 0 Å². The van der Waals surface area contributed by atoms with Gasteiger partial charge >= 0.3 is 5.97 Å². The normalized spacial score (nSPS) is 24.9. The van der Waals surface area contributed by atoms with E-state index in [1.54, 1.807) is 12.2 Å². The molecule has 1 fully saturated rings. The van der Waals surface area contributed by atoms with E-state index in [4.69, 9.17) is 5.11 Å². The summed E-state index contributed by atoms with van der Waals surface area (Å²) in [5.41, 5.74) is 0. The topological polar surface area (TPSA) is 94.8 Å². The second-order valence-corrected chi connectivity index (χ2v) is 6.84. The van der Waals surface area contributed by atoms with Gasteiger partial charge in [0.25, 0.3) is 0 Å². The Hall–Kier alpha value is -1.98. The number of carboxylic acid groups (broad SMARTS) is 1. The average molecular weight is 376 g/mol. The van der Waals surface area contributed by atoms with Gasteiger partial charge in [-0.3, -0.25) is 9.59 Å². The van der Waals surface area contributed by atoms with Crippen molar-refractivity contribution >= 4 is 11.8 Å². The molecule has 1 aliphatic carbocycles. The van der Waals surface area contributed by atoms with Crippen molar-refractivity contribution in [2.45, 2.75) is 64.1 Å². The van der Waals surface area contributed by atoms with Crippen LogP contribution in [0.25, 0.3) is 0 Å². The summed E-state index contributed by atoms with van der Waals surface area (Å²) in [5.74, 6) is -1.32. The number of aliphatic hydroxyl groups excluding tert-OH is 2. The minimum Gasteiger partial charge on any atom is -0.481 e. The van der Waals surface area contributed by atoms with Crippen molar-refractivity contribution in [3.8, 4) is 0 Å². The molecule has 5 heteroatoms. The largest absolute Gasteiger partial charge is 0.481 e. The van der Waals surface area contributed by atoms with Gasteiger partial charge in [0.15, 0.2) is 0 Å². The van der Waals surface area contributed by atoms with Crippen molar-refractivity contribution in [3.05, 3.63) is 48.6 Å². The molecule has 0 aromatic rings. The van der Waals surface area contributed by atoms with Crippen molar-refractivity contribution in [2.24, 2.45) is 11.8 Å². The number of hydrogen-bond donors (Lipinski definition) is 3. The summed E-state index contributed by atoms with van der Waals surface area (Å²) < 4.78 is 0. The zero-order valence-electron chi connectivity index (χ0n) is 16.0. The number of hydrogen-bond acceptors (Lipinski definition) is 4. The third-order valence-corrected chi connectivity index (χ3v) is 4.60. The predicted molar refractivity (Wildman–Crippen MR) is 106 cm³/mol. The zero-order chi connectivity index (χ0) is 20.1. The van der Waals surface area contributed by atoms with Crippen LogP contribution in [0.3, 0.4) is 0 Å². The van der Waals surface area contributed by atoms with Gasteiger partial charge in [0.2, 0.25) is 0 Å². The van der Waals surface area contributed by atoms with Crippen LogP contribution in [0.1, 0.15) is 51.9 Å². The Bertz CT molecular complexity index is 573. The molecule has 5 nitrogen and oxygen atoms in total. The lowest BCUT2D eigenvalue weighted by atomic mass is 9.90. The summed E-state index contributed by atoms with van der Waals surface area (Å²) in [5, 5.41) is 28.7. The summed E-state index contributed by atoms with van der Waals surface area (Å²) in [4.78, 5) is 22.5. The molecule has 0 aliphatic heterocycles. The van der Waals surface area contributed by atoms with Crippen molar-refractivity contribution < 1.29 is 24.9 Å². The van der Waals surface area contributed by atoms with Crippen LogP contribution < -0.4 is 0 Å². The first-order chi connectivity index (χ1) is 13.0. The Morgan fingerprint density at radius 2 is 1.93 bits per heavy atom. The molecule has 0 aromatic heterocycles. The zero-order valence-corrected chi connectivity index (χ0v) is 16.0. The first-order valence-electron chi connectivity index (χ1n) is 9.69. The number of Topliss-reactive ketones (excluding diaryl/α,β-unsaturated/α-hetero) is 1. The van der Waals surface area contributed by atoms with Crippen LogP contribution in [0.5, 0.6) is 0 Å². The second kappa shape index (κ2) is 13.2. The van der Waals surface area contributed by atoms with Crippen molar-refractivity contribution in [1.82, 2.24) is 0 Å². The Balaban J connectivity index is 2.48. The highest BCUT2D eigenvalue weighted by Gasteiger charge is 2.39. The lowest BCUT2D eigenvalue weighted by molar-refractivity contribution is -0.136. The highest BCUT2D eigenvalue weighted by Crippen LogP contribution is 2.33. The Morgan fingerprint density at radius 1 is 1.19 bits per heavy atom. The van der Waals surface area contributed by atoms with E-state index < -0.39 is 18.2 Å². The maximum atomic E-state index is 12.1. The van der Waals surface area contributed by atoms with E-state index in [2.05, 4.69) is 0 Å². The number of carbonyl (C=O) groups is 2. The van der Waals surface area contributed by atoms with Crippen LogP contribution in [0.2, 0.25) is 0 Å². The van der Waals surface area contributed by atoms with Gasteiger partial charge in [0, 0.05) is 24.7 Å². The van der Waals surface area contributed by atoms with E-state index in [-0.39, 0.29) is 30.5 Å². The summed E-state index contributed by atoms with van der Waals surface area (Å²) in [6.45, 7) is 2.03. The molecule has 0 heterocycles. The van der Waals surface area contributed by atoms with E-state index in [0.29, 0.717) is 25.7 Å². The van der Waals surface area contributed by atoms with Crippen LogP contribution in [0.15, 0.2) is 48.6 Å². The van der Waals surface area contributed by atoms with Crippen LogP contribution >= 0.6 is 0 Å². The number of rotatable bonds is 12. The molecule has 0 spiro atoms. The number of aliphatic carboxylic acids is 1. The van der Waals surface area contributed by atoms with Crippen LogP contribution in [-0.2, 0) is 9.59 Å². The van der Waals surface area contributed by atoms with Gasteiger partial charge in [0.05, 0.1) is 12.2 Å². The lowest BCUT2D eigenvalue weighted by Crippen LogP contribution is -2.19. The minimum absolute atomic E-state index is 0.0158. The van der Waals surface area contributed by atoms with Gasteiger partial charge in [-0.25, -0.2) is 0 Å². The van der Waals surface area contributed by atoms with Gasteiger partial charge in [0.1, 0.15) is 5.78 Å². The molecule has 0 amide bonds. The third-order valence-electron chi connectivity index (χ3n) is 4.60. The fourth-order valence-electron chi connectivity index (χ4n) is 3.10. The molecule has 1 rings (SSSR count). The molecule has 4 atom stereocenters. The van der Waals surface area contributed by atoms with Gasteiger partial charge in [-0.05, 0) is 32.1 Å². The molecular weight excluding hydrogens is 344 g/mol. The number of carbonyl (C=O) groups excluding carboxylic acids is 1. The van der Waals surface area contributed by atoms with Crippen LogP contribution in [0, 0.1) is 11.8 Å². The number of ketones is 1. The highest BCUT2D eigenvalue weighted by molar-refractivity contribution is 5.86. The first kappa shape index (κ1) is 23.1. The number of aliphatic hydroxyl groups is 2. The molecular formula is C22H32O5. The van der Waals surface area contributed by atoms with Gasteiger partial charge in [-0.1, -0.05) is 55.5 Å². The molecule has 1 aliphatic rings. The summed E-state index contributed by atoms with van der Waals surface area (Å²) >= 11 is 0. The van der Waals surface area contributed by atoms with E-state index in [9.17, 15) is 19.8 Å². The Kier molecular flexibility index (Phi) is 11.3. The smallest absolute Gasteiger partial charge is 0.303 e. The summed E-state index contributed by atoms with van der Waals surface area (Å²) in [6.07, 6.45) is 17.2. The SMILES string of the molecule is CC/C=C\C[C@@H](O)/C=C/[C@H]1C(=O)C[C@@H](O)[C@@H]1C/C=C\C/C=C\CCC(=O)O. The quantitative estimate of drug-likeness (QED) is 0.453. The van der Waals surface area contributed by atoms with Crippen LogP contribution in [-0.4, -0.2) is 39.3 Å². The van der Waals surface area contributed by atoms with Crippen molar-refractivity contribution in [1.29, 1.82) is 0 Å². The predicted octanol–water partition coefficient (Wildman–Crippen LogP) is 3.58. The van der Waals surface area contributed by atoms with Crippen molar-refractivity contribution in [2.75, 3.05) is 0 Å². The molecule has 0 saturated heterocycles. The molecule has 0 aromatic carbocycles. The van der Waals surface area contributed by atoms with E-state index >= 15 is 0 Å². The maximum Gasteiger partial charge on any atom is 0.303 e. The molecule has 0 radical (unpaired) electrons. The van der Waals surface area contributed by atoms with E-state index in [1.807, 2.05) is 43.4 Å². The summed E-state index contributed by atoms with van der Waals surface area (Å²) in [6, 6.07) is 0. The van der Waals surface area contributed by atoms with Crippen molar-refractivity contribution in [3.63, 3.8) is 0 Å². The average Bonchev–Trinajstić information content (AvgIpc) is 2.88. The first-order valence-corrected chi connectivity index (χ1v) is 9.69. The molecule has 1 saturated carbocycles. The van der Waals surface area contributed by atoms with Gasteiger partial charge in [-0.2, -0.15) is 0 Å². The third kappa shape index (κ3) is 9.50. The second-order valence-electron chi connectivity index (χ2n) is 6.84. The Morgan fingerprint density at radius 3 is 2.63 bits per heavy atom. The van der Waals surface area contributed by atoms with Crippen LogP contribution in [0.4, 0.5) is 0 Å². The van der Waals surface area contributed by atoms with Gasteiger partial charge < -0.3 is 15.3 Å². The molecule has 0 unspecified atom stereocenters. The summed E-state index contributed by atoms with van der Waals surface area (Å²) in [7, 11) is 0. The molecule has 3 N–H and O–H groups in total. The van der Waals surface area contributed by atoms with E-state index in [0.717, 1.165) is 6.42 Å².